The maximum Gasteiger partial charge on any atom is 0.279 e. The van der Waals surface area contributed by atoms with Gasteiger partial charge in [0.25, 0.3) is 5.91 Å². The molecule has 0 saturated heterocycles. The van der Waals surface area contributed by atoms with Gasteiger partial charge in [0.1, 0.15) is 5.75 Å². The van der Waals surface area contributed by atoms with Crippen LogP contribution in [0.25, 0.3) is 10.2 Å². The molecule has 0 N–H and O–H groups in total. The number of carbonyl (C=O) groups is 1. The lowest BCUT2D eigenvalue weighted by Gasteiger charge is -2.05. The number of aryl methyl sites for hydroxylation is 1. The zero-order valence-corrected chi connectivity index (χ0v) is 17.1. The van der Waals surface area contributed by atoms with Crippen molar-refractivity contribution in [2.75, 3.05) is 6.61 Å². The molecule has 0 bridgehead atoms. The lowest BCUT2D eigenvalue weighted by molar-refractivity contribution is 0.0998. The minimum atomic E-state index is -0.286. The summed E-state index contributed by atoms with van der Waals surface area (Å²) in [6, 6.07) is 13.3. The molecular formula is C23H24N2O2S. The highest BCUT2D eigenvalue weighted by Crippen LogP contribution is 2.19. The summed E-state index contributed by atoms with van der Waals surface area (Å²) in [7, 11) is 0. The van der Waals surface area contributed by atoms with E-state index < -0.39 is 0 Å². The van der Waals surface area contributed by atoms with Crippen molar-refractivity contribution in [2.24, 2.45) is 4.99 Å². The standard InChI is InChI=1S/C23H24N2O2S/c1-4-6-7-15-27-19-11-9-18(10-12-19)22(26)24-23-25(14-5-2)20-13-8-17(3)16-21(20)28-23/h2,8-13,16H,4,6-7,14-15H2,1,3H3. The second-order valence-electron chi connectivity index (χ2n) is 6.64. The number of hydrogen-bond donors (Lipinski definition) is 0. The molecule has 3 rings (SSSR count). The van der Waals surface area contributed by atoms with Crippen LogP contribution in [0, 0.1) is 19.3 Å². The minimum absolute atomic E-state index is 0.286. The third-order valence-corrected chi connectivity index (χ3v) is 5.44. The first-order valence-electron chi connectivity index (χ1n) is 9.47. The van der Waals surface area contributed by atoms with Crippen molar-refractivity contribution >= 4 is 27.5 Å². The highest BCUT2D eigenvalue weighted by molar-refractivity contribution is 7.16. The molecule has 28 heavy (non-hydrogen) atoms. The van der Waals surface area contributed by atoms with E-state index in [2.05, 4.69) is 23.9 Å². The van der Waals surface area contributed by atoms with Gasteiger partial charge in [-0.3, -0.25) is 4.79 Å². The smallest absolute Gasteiger partial charge is 0.279 e. The van der Waals surface area contributed by atoms with E-state index in [-0.39, 0.29) is 5.91 Å². The van der Waals surface area contributed by atoms with E-state index in [0.29, 0.717) is 23.5 Å². The predicted molar refractivity (Wildman–Crippen MR) is 115 cm³/mol. The molecule has 0 aliphatic heterocycles. The van der Waals surface area contributed by atoms with Crippen LogP contribution in [-0.2, 0) is 6.54 Å². The quantitative estimate of drug-likeness (QED) is 0.422. The van der Waals surface area contributed by atoms with Crippen LogP contribution in [-0.4, -0.2) is 17.1 Å². The van der Waals surface area contributed by atoms with Crippen LogP contribution < -0.4 is 9.54 Å². The number of fused-ring (bicyclic) bond motifs is 1. The number of carbonyl (C=O) groups excluding carboxylic acids is 1. The fourth-order valence-corrected chi connectivity index (χ4v) is 4.02. The molecule has 0 fully saturated rings. The Morgan fingerprint density at radius 1 is 1.21 bits per heavy atom. The molecule has 0 spiro atoms. The van der Waals surface area contributed by atoms with Crippen molar-refractivity contribution in [1.29, 1.82) is 0 Å². The molecule has 3 aromatic rings. The molecule has 1 aromatic heterocycles. The maximum atomic E-state index is 12.7. The monoisotopic (exact) mass is 392 g/mol. The number of unbranched alkanes of at least 4 members (excludes halogenated alkanes) is 2. The zero-order valence-electron chi connectivity index (χ0n) is 16.3. The summed E-state index contributed by atoms with van der Waals surface area (Å²) in [5.41, 5.74) is 2.69. The average molecular weight is 393 g/mol. The van der Waals surface area contributed by atoms with Crippen LogP contribution in [0.2, 0.25) is 0 Å². The Kier molecular flexibility index (Phi) is 6.67. The second kappa shape index (κ2) is 9.38. The number of benzene rings is 2. The van der Waals surface area contributed by atoms with Gasteiger partial charge in [0.15, 0.2) is 4.80 Å². The molecule has 5 heteroatoms. The van der Waals surface area contributed by atoms with Gasteiger partial charge in [-0.2, -0.15) is 4.99 Å². The molecule has 0 aliphatic rings. The van der Waals surface area contributed by atoms with Gasteiger partial charge in [-0.1, -0.05) is 43.1 Å². The lowest BCUT2D eigenvalue weighted by atomic mass is 10.2. The fourth-order valence-electron chi connectivity index (χ4n) is 2.90. The van der Waals surface area contributed by atoms with E-state index in [1.807, 2.05) is 35.8 Å². The third-order valence-electron chi connectivity index (χ3n) is 4.40. The van der Waals surface area contributed by atoms with E-state index in [9.17, 15) is 4.79 Å². The van der Waals surface area contributed by atoms with Crippen molar-refractivity contribution < 1.29 is 9.53 Å². The van der Waals surface area contributed by atoms with Crippen LogP contribution in [0.5, 0.6) is 5.75 Å². The van der Waals surface area contributed by atoms with E-state index in [1.54, 1.807) is 12.1 Å². The lowest BCUT2D eigenvalue weighted by Crippen LogP contribution is -2.16. The molecule has 2 aromatic carbocycles. The summed E-state index contributed by atoms with van der Waals surface area (Å²) in [6.07, 6.45) is 8.87. The van der Waals surface area contributed by atoms with Gasteiger partial charge in [-0.15, -0.1) is 6.42 Å². The Labute approximate surface area is 169 Å². The Hall–Kier alpha value is -2.84. The van der Waals surface area contributed by atoms with Gasteiger partial charge in [0.2, 0.25) is 0 Å². The van der Waals surface area contributed by atoms with Gasteiger partial charge in [0, 0.05) is 5.56 Å². The van der Waals surface area contributed by atoms with E-state index in [1.165, 1.54) is 11.3 Å². The Morgan fingerprint density at radius 2 is 2.00 bits per heavy atom. The number of thiazole rings is 1. The topological polar surface area (TPSA) is 43.6 Å². The average Bonchev–Trinajstić information content (AvgIpc) is 3.02. The summed E-state index contributed by atoms with van der Waals surface area (Å²) in [6.45, 7) is 5.27. The number of ether oxygens (including phenoxy) is 1. The Balaban J connectivity index is 1.84. The third kappa shape index (κ3) is 4.71. The first kappa shape index (κ1) is 19.9. The molecule has 144 valence electrons. The van der Waals surface area contributed by atoms with Crippen molar-refractivity contribution in [1.82, 2.24) is 4.57 Å². The molecular weight excluding hydrogens is 368 g/mol. The van der Waals surface area contributed by atoms with E-state index in [4.69, 9.17) is 11.2 Å². The summed E-state index contributed by atoms with van der Waals surface area (Å²) < 4.78 is 8.67. The summed E-state index contributed by atoms with van der Waals surface area (Å²) in [4.78, 5) is 17.6. The summed E-state index contributed by atoms with van der Waals surface area (Å²) in [5, 5.41) is 0. The van der Waals surface area contributed by atoms with E-state index in [0.717, 1.165) is 40.8 Å². The number of amides is 1. The number of terminal acetylenes is 1. The fraction of sp³-hybridized carbons (Fsp3) is 0.304. The van der Waals surface area contributed by atoms with Gasteiger partial charge in [0.05, 0.1) is 23.4 Å². The number of aromatic nitrogens is 1. The molecule has 0 unspecified atom stereocenters. The number of rotatable bonds is 7. The van der Waals surface area contributed by atoms with Crippen molar-refractivity contribution in [3.05, 3.63) is 58.4 Å². The highest BCUT2D eigenvalue weighted by Gasteiger charge is 2.09. The first-order valence-corrected chi connectivity index (χ1v) is 10.3. The summed E-state index contributed by atoms with van der Waals surface area (Å²) >= 11 is 1.48. The zero-order chi connectivity index (χ0) is 19.9. The molecule has 4 nitrogen and oxygen atoms in total. The number of hydrogen-bond acceptors (Lipinski definition) is 3. The first-order chi connectivity index (χ1) is 13.6. The molecule has 0 radical (unpaired) electrons. The molecule has 0 aliphatic carbocycles. The van der Waals surface area contributed by atoms with Crippen LogP contribution in [0.3, 0.4) is 0 Å². The molecule has 0 saturated carbocycles. The molecule has 0 atom stereocenters. The SMILES string of the molecule is C#CCn1c(=NC(=O)c2ccc(OCCCCC)cc2)sc2cc(C)ccc21. The van der Waals surface area contributed by atoms with Crippen LogP contribution in [0.4, 0.5) is 0 Å². The Morgan fingerprint density at radius 3 is 2.71 bits per heavy atom. The minimum Gasteiger partial charge on any atom is -0.494 e. The van der Waals surface area contributed by atoms with E-state index >= 15 is 0 Å². The van der Waals surface area contributed by atoms with Crippen LogP contribution in [0.1, 0.15) is 42.1 Å². The Bertz CT molecular complexity index is 1070. The molecule has 1 heterocycles. The van der Waals surface area contributed by atoms with Gasteiger partial charge in [-0.25, -0.2) is 0 Å². The molecule has 1 amide bonds. The van der Waals surface area contributed by atoms with Crippen molar-refractivity contribution in [3.63, 3.8) is 0 Å². The van der Waals surface area contributed by atoms with Crippen LogP contribution in [0.15, 0.2) is 47.5 Å². The predicted octanol–water partition coefficient (Wildman–Crippen LogP) is 4.95. The normalized spacial score (nSPS) is 11.5. The second-order valence-corrected chi connectivity index (χ2v) is 7.65. The summed E-state index contributed by atoms with van der Waals surface area (Å²) in [5.74, 6) is 3.13. The largest absolute Gasteiger partial charge is 0.494 e. The van der Waals surface area contributed by atoms with Gasteiger partial charge in [-0.05, 0) is 55.3 Å². The number of nitrogens with zero attached hydrogens (tertiary/aromatic N) is 2. The highest BCUT2D eigenvalue weighted by atomic mass is 32.1. The maximum absolute atomic E-state index is 12.7. The van der Waals surface area contributed by atoms with Crippen LogP contribution >= 0.6 is 11.3 Å². The van der Waals surface area contributed by atoms with Crippen molar-refractivity contribution in [2.45, 2.75) is 39.7 Å². The van der Waals surface area contributed by atoms with Gasteiger partial charge < -0.3 is 9.30 Å². The van der Waals surface area contributed by atoms with Gasteiger partial charge >= 0.3 is 0 Å². The van der Waals surface area contributed by atoms with Crippen molar-refractivity contribution in [3.8, 4) is 18.1 Å².